The van der Waals surface area contributed by atoms with Crippen molar-refractivity contribution in [1.82, 2.24) is 25.1 Å². The number of hydrogen-bond donors (Lipinski definition) is 2. The molecule has 0 spiro atoms. The van der Waals surface area contributed by atoms with Gasteiger partial charge in [0.05, 0.1) is 17.4 Å². The molecule has 2 fully saturated rings. The Morgan fingerprint density at radius 2 is 1.89 bits per heavy atom. The van der Waals surface area contributed by atoms with Crippen LogP contribution < -0.4 is 10.6 Å². The minimum absolute atomic E-state index is 0.0919. The summed E-state index contributed by atoms with van der Waals surface area (Å²) in [5.74, 6) is 0.0919. The minimum atomic E-state index is -0.0928. The molecule has 27 heavy (non-hydrogen) atoms. The van der Waals surface area contributed by atoms with Crippen molar-refractivity contribution < 1.29 is 9.59 Å². The predicted octanol–water partition coefficient (Wildman–Crippen LogP) is 2.51. The van der Waals surface area contributed by atoms with Gasteiger partial charge in [0, 0.05) is 37.8 Å². The average molecular weight is 369 g/mol. The van der Waals surface area contributed by atoms with E-state index in [1.54, 1.807) is 6.33 Å². The molecule has 7 nitrogen and oxygen atoms in total. The predicted molar refractivity (Wildman–Crippen MR) is 104 cm³/mol. The maximum absolute atomic E-state index is 12.5. The lowest BCUT2D eigenvalue weighted by Gasteiger charge is -2.15. The van der Waals surface area contributed by atoms with Gasteiger partial charge in [-0.2, -0.15) is 0 Å². The van der Waals surface area contributed by atoms with Crippen molar-refractivity contribution in [3.05, 3.63) is 30.1 Å². The van der Waals surface area contributed by atoms with Gasteiger partial charge in [-0.15, -0.1) is 0 Å². The van der Waals surface area contributed by atoms with Crippen LogP contribution in [0.5, 0.6) is 0 Å². The third-order valence-electron chi connectivity index (χ3n) is 5.59. The van der Waals surface area contributed by atoms with Crippen LogP contribution in [0.2, 0.25) is 0 Å². The Kier molecular flexibility index (Phi) is 5.27. The van der Waals surface area contributed by atoms with Gasteiger partial charge >= 0.3 is 6.03 Å². The van der Waals surface area contributed by atoms with E-state index in [1.807, 2.05) is 27.7 Å². The molecule has 1 aliphatic carbocycles. The SMILES string of the molecule is O=C(NCCn1cnc2cc(C(=O)N3CCCC3)ccc21)NC1CCCC1. The number of benzene rings is 1. The van der Waals surface area contributed by atoms with Crippen LogP contribution in [0.4, 0.5) is 4.79 Å². The second kappa shape index (κ2) is 7.98. The average Bonchev–Trinajstić information content (AvgIpc) is 3.43. The Morgan fingerprint density at radius 3 is 2.67 bits per heavy atom. The zero-order chi connectivity index (χ0) is 18.6. The fraction of sp³-hybridized carbons (Fsp3) is 0.550. The summed E-state index contributed by atoms with van der Waals surface area (Å²) in [6, 6.07) is 5.92. The highest BCUT2D eigenvalue weighted by molar-refractivity contribution is 5.97. The Bertz CT molecular complexity index is 819. The van der Waals surface area contributed by atoms with Crippen molar-refractivity contribution in [2.45, 2.75) is 51.1 Å². The minimum Gasteiger partial charge on any atom is -0.339 e. The van der Waals surface area contributed by atoms with Gasteiger partial charge in [-0.05, 0) is 43.9 Å². The lowest BCUT2D eigenvalue weighted by molar-refractivity contribution is 0.0793. The monoisotopic (exact) mass is 369 g/mol. The maximum Gasteiger partial charge on any atom is 0.315 e. The molecule has 144 valence electrons. The number of amides is 3. The van der Waals surface area contributed by atoms with Crippen LogP contribution in [0.25, 0.3) is 11.0 Å². The van der Waals surface area contributed by atoms with Gasteiger partial charge in [0.15, 0.2) is 0 Å². The molecule has 0 atom stereocenters. The third-order valence-corrected chi connectivity index (χ3v) is 5.59. The summed E-state index contributed by atoms with van der Waals surface area (Å²) in [4.78, 5) is 30.8. The zero-order valence-electron chi connectivity index (χ0n) is 15.6. The zero-order valence-corrected chi connectivity index (χ0v) is 15.6. The highest BCUT2D eigenvalue weighted by atomic mass is 16.2. The van der Waals surface area contributed by atoms with Crippen LogP contribution in [0, 0.1) is 0 Å². The molecule has 0 bridgehead atoms. The van der Waals surface area contributed by atoms with Crippen molar-refractivity contribution >= 4 is 23.0 Å². The smallest absolute Gasteiger partial charge is 0.315 e. The van der Waals surface area contributed by atoms with Crippen molar-refractivity contribution in [2.75, 3.05) is 19.6 Å². The van der Waals surface area contributed by atoms with Crippen LogP contribution >= 0.6 is 0 Å². The lowest BCUT2D eigenvalue weighted by Crippen LogP contribution is -2.41. The van der Waals surface area contributed by atoms with E-state index in [0.29, 0.717) is 24.7 Å². The van der Waals surface area contributed by atoms with Crippen LogP contribution in [0.1, 0.15) is 48.9 Å². The molecule has 0 unspecified atom stereocenters. The molecule has 2 heterocycles. The fourth-order valence-electron chi connectivity index (χ4n) is 4.07. The van der Waals surface area contributed by atoms with Crippen molar-refractivity contribution in [3.8, 4) is 0 Å². The van der Waals surface area contributed by atoms with E-state index in [2.05, 4.69) is 15.6 Å². The number of nitrogens with one attached hydrogen (secondary N) is 2. The lowest BCUT2D eigenvalue weighted by atomic mass is 10.1. The molecule has 0 radical (unpaired) electrons. The van der Waals surface area contributed by atoms with E-state index in [9.17, 15) is 9.59 Å². The molecule has 1 aromatic heterocycles. The highest BCUT2D eigenvalue weighted by Gasteiger charge is 2.20. The molecular weight excluding hydrogens is 342 g/mol. The summed E-state index contributed by atoms with van der Waals surface area (Å²) in [6.45, 7) is 2.88. The van der Waals surface area contributed by atoms with E-state index in [0.717, 1.165) is 49.8 Å². The van der Waals surface area contributed by atoms with E-state index in [1.165, 1.54) is 12.8 Å². The number of rotatable bonds is 5. The molecule has 1 saturated carbocycles. The summed E-state index contributed by atoms with van der Waals surface area (Å²) in [5.41, 5.74) is 2.49. The summed E-state index contributed by atoms with van der Waals surface area (Å²) in [7, 11) is 0. The number of nitrogens with zero attached hydrogens (tertiary/aromatic N) is 3. The van der Waals surface area contributed by atoms with Crippen LogP contribution in [-0.2, 0) is 6.54 Å². The third kappa shape index (κ3) is 4.07. The van der Waals surface area contributed by atoms with Gasteiger partial charge in [0.1, 0.15) is 0 Å². The highest BCUT2D eigenvalue weighted by Crippen LogP contribution is 2.19. The molecule has 2 aliphatic rings. The van der Waals surface area contributed by atoms with Crippen molar-refractivity contribution in [3.63, 3.8) is 0 Å². The van der Waals surface area contributed by atoms with Gasteiger partial charge in [-0.25, -0.2) is 9.78 Å². The van der Waals surface area contributed by atoms with Crippen LogP contribution in [0.15, 0.2) is 24.5 Å². The summed E-state index contributed by atoms with van der Waals surface area (Å²) in [5, 5.41) is 5.95. The Labute approximate surface area is 159 Å². The van der Waals surface area contributed by atoms with Gasteiger partial charge in [0.2, 0.25) is 0 Å². The fourth-order valence-corrected chi connectivity index (χ4v) is 4.07. The van der Waals surface area contributed by atoms with Crippen LogP contribution in [-0.4, -0.2) is 52.1 Å². The Morgan fingerprint density at radius 1 is 1.11 bits per heavy atom. The van der Waals surface area contributed by atoms with Crippen molar-refractivity contribution in [2.24, 2.45) is 0 Å². The van der Waals surface area contributed by atoms with E-state index >= 15 is 0 Å². The maximum atomic E-state index is 12.5. The molecule has 1 aromatic carbocycles. The first-order valence-corrected chi connectivity index (χ1v) is 9.99. The molecule has 2 aromatic rings. The molecule has 2 N–H and O–H groups in total. The number of urea groups is 1. The summed E-state index contributed by atoms with van der Waals surface area (Å²) < 4.78 is 2.01. The van der Waals surface area contributed by atoms with E-state index in [-0.39, 0.29) is 11.9 Å². The summed E-state index contributed by atoms with van der Waals surface area (Å²) >= 11 is 0. The second-order valence-corrected chi connectivity index (χ2v) is 7.52. The molecule has 1 aliphatic heterocycles. The number of carbonyl (C=O) groups excluding carboxylic acids is 2. The normalized spacial score (nSPS) is 17.6. The Hall–Kier alpha value is -2.57. The topological polar surface area (TPSA) is 79.3 Å². The van der Waals surface area contributed by atoms with Gasteiger partial charge in [0.25, 0.3) is 5.91 Å². The summed E-state index contributed by atoms with van der Waals surface area (Å²) in [6.07, 6.45) is 8.51. The first kappa shape index (κ1) is 17.8. The number of carbonyl (C=O) groups is 2. The number of fused-ring (bicyclic) bond motifs is 1. The first-order valence-electron chi connectivity index (χ1n) is 9.99. The van der Waals surface area contributed by atoms with Gasteiger partial charge in [-0.1, -0.05) is 12.8 Å². The van der Waals surface area contributed by atoms with E-state index < -0.39 is 0 Å². The molecular formula is C20H27N5O2. The Balaban J connectivity index is 1.34. The number of likely N-dealkylation sites (tertiary alicyclic amines) is 1. The standard InChI is InChI=1S/C20H27N5O2/c26-19(24-10-3-4-11-24)15-7-8-18-17(13-15)22-14-25(18)12-9-21-20(27)23-16-5-1-2-6-16/h7-8,13-14,16H,1-6,9-12H2,(H2,21,23,27). The van der Waals surface area contributed by atoms with E-state index in [4.69, 9.17) is 0 Å². The van der Waals surface area contributed by atoms with Crippen LogP contribution in [0.3, 0.4) is 0 Å². The number of aromatic nitrogens is 2. The molecule has 3 amide bonds. The first-order chi connectivity index (χ1) is 13.2. The second-order valence-electron chi connectivity index (χ2n) is 7.52. The molecule has 4 rings (SSSR count). The quantitative estimate of drug-likeness (QED) is 0.850. The van der Waals surface area contributed by atoms with Crippen molar-refractivity contribution in [1.29, 1.82) is 0 Å². The van der Waals surface area contributed by atoms with Gasteiger partial charge < -0.3 is 20.1 Å². The number of imidazole rings is 1. The molecule has 7 heteroatoms. The van der Waals surface area contributed by atoms with Gasteiger partial charge in [-0.3, -0.25) is 4.79 Å². The molecule has 1 saturated heterocycles. The largest absolute Gasteiger partial charge is 0.339 e. The number of hydrogen-bond acceptors (Lipinski definition) is 3.